The lowest BCUT2D eigenvalue weighted by Gasteiger charge is -2.37. The molecule has 0 atom stereocenters. The molecule has 5 heteroatoms. The van der Waals surface area contributed by atoms with Gasteiger partial charge in [-0.05, 0) is 37.1 Å². The second kappa shape index (κ2) is 6.87. The fourth-order valence-corrected chi connectivity index (χ4v) is 4.08. The number of amides is 2. The van der Waals surface area contributed by atoms with E-state index in [0.29, 0.717) is 25.0 Å². The van der Waals surface area contributed by atoms with Crippen LogP contribution in [0, 0.1) is 11.3 Å². The molecule has 2 aliphatic rings. The first-order valence-corrected chi connectivity index (χ1v) is 9.86. The number of hydrogen-bond acceptors (Lipinski definition) is 3. The second-order valence-corrected chi connectivity index (χ2v) is 9.13. The summed E-state index contributed by atoms with van der Waals surface area (Å²) in [5.74, 6) is 0.578. The maximum atomic E-state index is 13.0. The Labute approximate surface area is 148 Å². The van der Waals surface area contributed by atoms with Gasteiger partial charge in [-0.2, -0.15) is 0 Å². The number of rotatable bonds is 4. The van der Waals surface area contributed by atoms with Crippen LogP contribution in [-0.2, 0) is 16.1 Å². The van der Waals surface area contributed by atoms with Crippen molar-refractivity contribution >= 4 is 23.2 Å². The molecule has 0 N–H and O–H groups in total. The molecule has 24 heavy (non-hydrogen) atoms. The van der Waals surface area contributed by atoms with Crippen LogP contribution in [0.3, 0.4) is 0 Å². The number of nitrogens with zero attached hydrogens (tertiary/aromatic N) is 2. The Balaban J connectivity index is 1.58. The van der Waals surface area contributed by atoms with Crippen molar-refractivity contribution in [3.63, 3.8) is 0 Å². The van der Waals surface area contributed by atoms with Crippen LogP contribution in [0.15, 0.2) is 17.5 Å². The average molecular weight is 349 g/mol. The minimum absolute atomic E-state index is 0.0783. The fraction of sp³-hybridized carbons (Fsp3) is 0.684. The van der Waals surface area contributed by atoms with Crippen LogP contribution >= 0.6 is 11.3 Å². The lowest BCUT2D eigenvalue weighted by Crippen LogP contribution is -2.47. The van der Waals surface area contributed by atoms with Crippen LogP contribution in [0.25, 0.3) is 0 Å². The van der Waals surface area contributed by atoms with Gasteiger partial charge in [0.15, 0.2) is 0 Å². The molecule has 2 heterocycles. The summed E-state index contributed by atoms with van der Waals surface area (Å²) in [6, 6.07) is 4.60. The SMILES string of the molecule is CC(C)(C)C(=O)N1CCC(C(=O)N(Cc2cccs2)C2CC2)CC1. The predicted molar refractivity (Wildman–Crippen MR) is 96.7 cm³/mol. The molecule has 1 saturated carbocycles. The maximum Gasteiger partial charge on any atom is 0.227 e. The van der Waals surface area contributed by atoms with Crippen LogP contribution in [-0.4, -0.2) is 40.7 Å². The molecule has 0 radical (unpaired) electrons. The first-order valence-electron chi connectivity index (χ1n) is 8.98. The number of thiophene rings is 1. The van der Waals surface area contributed by atoms with Crippen LogP contribution in [0.5, 0.6) is 0 Å². The summed E-state index contributed by atoms with van der Waals surface area (Å²) in [5.41, 5.74) is -0.337. The summed E-state index contributed by atoms with van der Waals surface area (Å²) in [7, 11) is 0. The largest absolute Gasteiger partial charge is 0.342 e. The molecule has 132 valence electrons. The number of piperidine rings is 1. The summed E-state index contributed by atoms with van der Waals surface area (Å²) in [6.45, 7) is 8.06. The minimum atomic E-state index is -0.337. The topological polar surface area (TPSA) is 40.6 Å². The molecule has 0 aromatic carbocycles. The van der Waals surface area contributed by atoms with E-state index in [1.807, 2.05) is 31.7 Å². The predicted octanol–water partition coefficient (Wildman–Crippen LogP) is 3.52. The average Bonchev–Trinajstić information content (AvgIpc) is 3.27. The number of likely N-dealkylation sites (tertiary alicyclic amines) is 1. The fourth-order valence-electron chi connectivity index (χ4n) is 3.38. The van der Waals surface area contributed by atoms with E-state index in [-0.39, 0.29) is 17.2 Å². The highest BCUT2D eigenvalue weighted by molar-refractivity contribution is 7.09. The molecule has 3 rings (SSSR count). The van der Waals surface area contributed by atoms with E-state index in [1.54, 1.807) is 11.3 Å². The van der Waals surface area contributed by atoms with E-state index in [9.17, 15) is 9.59 Å². The maximum absolute atomic E-state index is 13.0. The summed E-state index contributed by atoms with van der Waals surface area (Å²) < 4.78 is 0. The Kier molecular flexibility index (Phi) is 5.00. The third-order valence-electron chi connectivity index (χ3n) is 4.95. The Bertz CT molecular complexity index is 579. The van der Waals surface area contributed by atoms with Gasteiger partial charge in [-0.15, -0.1) is 11.3 Å². The van der Waals surface area contributed by atoms with E-state index in [0.717, 1.165) is 32.2 Å². The van der Waals surface area contributed by atoms with E-state index < -0.39 is 0 Å². The highest BCUT2D eigenvalue weighted by Gasteiger charge is 2.38. The quantitative estimate of drug-likeness (QED) is 0.835. The molecular weight excluding hydrogens is 320 g/mol. The van der Waals surface area contributed by atoms with Crippen molar-refractivity contribution in [2.45, 2.75) is 59.0 Å². The molecule has 4 nitrogen and oxygen atoms in total. The molecule has 0 spiro atoms. The third-order valence-corrected chi connectivity index (χ3v) is 5.81. The van der Waals surface area contributed by atoms with Crippen LogP contribution in [0.4, 0.5) is 0 Å². The second-order valence-electron chi connectivity index (χ2n) is 8.09. The molecule has 1 aromatic heterocycles. The zero-order valence-electron chi connectivity index (χ0n) is 15.0. The Morgan fingerprint density at radius 3 is 2.38 bits per heavy atom. The van der Waals surface area contributed by atoms with Crippen LogP contribution in [0.1, 0.15) is 51.3 Å². The van der Waals surface area contributed by atoms with Gasteiger partial charge in [0, 0.05) is 35.3 Å². The normalized spacial score (nSPS) is 19.4. The van der Waals surface area contributed by atoms with Gasteiger partial charge in [-0.25, -0.2) is 0 Å². The van der Waals surface area contributed by atoms with E-state index in [2.05, 4.69) is 16.3 Å². The van der Waals surface area contributed by atoms with Gasteiger partial charge in [0.2, 0.25) is 11.8 Å². The van der Waals surface area contributed by atoms with E-state index in [4.69, 9.17) is 0 Å². The van der Waals surface area contributed by atoms with Gasteiger partial charge in [-0.1, -0.05) is 26.8 Å². The smallest absolute Gasteiger partial charge is 0.227 e. The lowest BCUT2D eigenvalue weighted by molar-refractivity contribution is -0.145. The van der Waals surface area contributed by atoms with Crippen molar-refractivity contribution in [2.24, 2.45) is 11.3 Å². The minimum Gasteiger partial charge on any atom is -0.342 e. The summed E-state index contributed by atoms with van der Waals surface area (Å²) >= 11 is 1.72. The summed E-state index contributed by atoms with van der Waals surface area (Å²) in [5, 5.41) is 2.07. The monoisotopic (exact) mass is 348 g/mol. The molecular formula is C19H28N2O2S. The van der Waals surface area contributed by atoms with Crippen molar-refractivity contribution in [3.05, 3.63) is 22.4 Å². The third kappa shape index (κ3) is 4.00. The molecule has 1 saturated heterocycles. The zero-order valence-corrected chi connectivity index (χ0v) is 15.8. The summed E-state index contributed by atoms with van der Waals surface area (Å²) in [4.78, 5) is 30.7. The molecule has 2 amide bonds. The van der Waals surface area contributed by atoms with Crippen LogP contribution < -0.4 is 0 Å². The number of hydrogen-bond donors (Lipinski definition) is 0. The van der Waals surface area contributed by atoms with Crippen molar-refractivity contribution in [1.82, 2.24) is 9.80 Å². The first kappa shape index (κ1) is 17.5. The van der Waals surface area contributed by atoms with Gasteiger partial charge in [0.1, 0.15) is 0 Å². The van der Waals surface area contributed by atoms with Crippen molar-refractivity contribution in [2.75, 3.05) is 13.1 Å². The highest BCUT2D eigenvalue weighted by atomic mass is 32.1. The van der Waals surface area contributed by atoms with Gasteiger partial charge in [0.05, 0.1) is 6.54 Å². The Morgan fingerprint density at radius 2 is 1.88 bits per heavy atom. The molecule has 1 aliphatic heterocycles. The van der Waals surface area contributed by atoms with Gasteiger partial charge < -0.3 is 9.80 Å². The Morgan fingerprint density at radius 1 is 1.21 bits per heavy atom. The van der Waals surface area contributed by atoms with Gasteiger partial charge >= 0.3 is 0 Å². The standard InChI is InChI=1S/C19H28N2O2S/c1-19(2,3)18(23)20-10-8-14(9-11-20)17(22)21(15-6-7-15)13-16-5-4-12-24-16/h4-5,12,14-15H,6-11,13H2,1-3H3. The summed E-state index contributed by atoms with van der Waals surface area (Å²) in [6.07, 6.45) is 3.87. The lowest BCUT2D eigenvalue weighted by atomic mass is 9.90. The number of carbonyl (C=O) groups excluding carboxylic acids is 2. The van der Waals surface area contributed by atoms with Crippen molar-refractivity contribution in [3.8, 4) is 0 Å². The van der Waals surface area contributed by atoms with E-state index >= 15 is 0 Å². The number of carbonyl (C=O) groups is 2. The molecule has 2 fully saturated rings. The van der Waals surface area contributed by atoms with Crippen LogP contribution in [0.2, 0.25) is 0 Å². The van der Waals surface area contributed by atoms with Crippen molar-refractivity contribution in [1.29, 1.82) is 0 Å². The van der Waals surface area contributed by atoms with E-state index in [1.165, 1.54) is 4.88 Å². The molecule has 0 unspecified atom stereocenters. The zero-order chi connectivity index (χ0) is 17.3. The highest BCUT2D eigenvalue weighted by Crippen LogP contribution is 2.33. The van der Waals surface area contributed by atoms with Gasteiger partial charge in [-0.3, -0.25) is 9.59 Å². The van der Waals surface area contributed by atoms with Crippen molar-refractivity contribution < 1.29 is 9.59 Å². The van der Waals surface area contributed by atoms with Gasteiger partial charge in [0.25, 0.3) is 0 Å². The first-order chi connectivity index (χ1) is 11.4. The molecule has 1 aromatic rings. The molecule has 0 bridgehead atoms. The Hall–Kier alpha value is -1.36. The molecule has 1 aliphatic carbocycles.